The lowest BCUT2D eigenvalue weighted by molar-refractivity contribution is 0.0218. The van der Waals surface area contributed by atoms with E-state index in [1.165, 1.54) is 9.71 Å². The molecule has 0 spiro atoms. The van der Waals surface area contributed by atoms with E-state index in [1.54, 1.807) is 44.2 Å². The fraction of sp³-hybridized carbons (Fsp3) is 0.467. The summed E-state index contributed by atoms with van der Waals surface area (Å²) in [6, 6.07) is 6.56. The van der Waals surface area contributed by atoms with Crippen molar-refractivity contribution in [2.75, 3.05) is 6.54 Å². The molecule has 0 aliphatic carbocycles. The van der Waals surface area contributed by atoms with Crippen molar-refractivity contribution < 1.29 is 13.5 Å². The molecule has 1 N–H and O–H groups in total. The largest absolute Gasteiger partial charge is 0.389 e. The molecule has 4 nitrogen and oxygen atoms in total. The molecule has 1 saturated heterocycles. The number of hydrogen-bond donors (Lipinski definition) is 1. The Labute approximate surface area is 131 Å². The topological polar surface area (TPSA) is 57.6 Å². The number of halogens is 1. The van der Waals surface area contributed by atoms with E-state index in [9.17, 15) is 13.5 Å². The minimum atomic E-state index is -3.54. The summed E-state index contributed by atoms with van der Waals surface area (Å²) in [5, 5.41) is 11.9. The van der Waals surface area contributed by atoms with Gasteiger partial charge in [0.05, 0.1) is 11.6 Å². The molecule has 0 bridgehead atoms. The Morgan fingerprint density at radius 3 is 2.52 bits per heavy atom. The summed E-state index contributed by atoms with van der Waals surface area (Å²) in [6.45, 7) is 3.74. The zero-order chi connectivity index (χ0) is 15.7. The van der Waals surface area contributed by atoms with Gasteiger partial charge in [-0.25, -0.2) is 8.42 Å². The summed E-state index contributed by atoms with van der Waals surface area (Å²) in [5.74, 6) is 0. The molecule has 0 saturated carbocycles. The van der Waals surface area contributed by atoms with Crippen molar-refractivity contribution in [1.82, 2.24) is 4.31 Å². The first-order chi connectivity index (χ1) is 9.70. The number of hydrogen-bond acceptors (Lipinski definition) is 3. The van der Waals surface area contributed by atoms with Crippen LogP contribution in [0.2, 0.25) is 5.02 Å². The quantitative estimate of drug-likeness (QED) is 0.924. The Hall–Kier alpha value is -0.880. The van der Waals surface area contributed by atoms with Crippen LogP contribution in [0.1, 0.15) is 32.3 Å². The highest BCUT2D eigenvalue weighted by atomic mass is 35.5. The zero-order valence-electron chi connectivity index (χ0n) is 12.2. The van der Waals surface area contributed by atoms with Gasteiger partial charge >= 0.3 is 0 Å². The molecule has 1 unspecified atom stereocenters. The van der Waals surface area contributed by atoms with Gasteiger partial charge in [-0.15, -0.1) is 0 Å². The van der Waals surface area contributed by atoms with Gasteiger partial charge < -0.3 is 5.11 Å². The number of rotatable bonds is 4. The van der Waals surface area contributed by atoms with Gasteiger partial charge in [0, 0.05) is 17.0 Å². The summed E-state index contributed by atoms with van der Waals surface area (Å²) in [7, 11) is -3.54. The van der Waals surface area contributed by atoms with Crippen molar-refractivity contribution in [2.45, 2.75) is 38.3 Å². The van der Waals surface area contributed by atoms with Crippen molar-refractivity contribution in [3.05, 3.63) is 40.3 Å². The second-order valence-corrected chi connectivity index (χ2v) is 8.03. The summed E-state index contributed by atoms with van der Waals surface area (Å²) in [5.41, 5.74) is -0.278. The molecule has 0 aromatic heterocycles. The number of benzene rings is 1. The normalized spacial score (nSPS) is 21.2. The maximum Gasteiger partial charge on any atom is 0.236 e. The molecule has 6 heteroatoms. The van der Waals surface area contributed by atoms with Gasteiger partial charge in [0.1, 0.15) is 0 Å². The summed E-state index contributed by atoms with van der Waals surface area (Å²) in [6.07, 6.45) is 2.99. The van der Waals surface area contributed by atoms with Crippen molar-refractivity contribution in [2.24, 2.45) is 0 Å². The third-order valence-electron chi connectivity index (χ3n) is 3.65. The molecular weight excluding hydrogens is 310 g/mol. The highest BCUT2D eigenvalue weighted by molar-refractivity contribution is 7.92. The first kappa shape index (κ1) is 16.5. The minimum Gasteiger partial charge on any atom is -0.389 e. The number of sulfonamides is 1. The fourth-order valence-corrected chi connectivity index (χ4v) is 4.28. The van der Waals surface area contributed by atoms with E-state index in [4.69, 9.17) is 11.6 Å². The van der Waals surface area contributed by atoms with Crippen LogP contribution in [0.15, 0.2) is 29.7 Å². The molecule has 0 radical (unpaired) electrons. The average Bonchev–Trinajstić information content (AvgIpc) is 2.88. The van der Waals surface area contributed by atoms with E-state index in [0.29, 0.717) is 18.0 Å². The second kappa shape index (κ2) is 6.08. The number of nitrogens with zero attached hydrogens (tertiary/aromatic N) is 1. The molecule has 1 heterocycles. The fourth-order valence-electron chi connectivity index (χ4n) is 2.57. The molecule has 1 atom stereocenters. The molecule has 2 rings (SSSR count). The van der Waals surface area contributed by atoms with Crippen molar-refractivity contribution in [3.63, 3.8) is 0 Å². The first-order valence-corrected chi connectivity index (χ1v) is 8.76. The highest BCUT2D eigenvalue weighted by Crippen LogP contribution is 2.30. The van der Waals surface area contributed by atoms with E-state index in [1.807, 2.05) is 0 Å². The van der Waals surface area contributed by atoms with Crippen LogP contribution in [0.4, 0.5) is 0 Å². The van der Waals surface area contributed by atoms with Crippen LogP contribution in [0, 0.1) is 0 Å². The van der Waals surface area contributed by atoms with Crippen molar-refractivity contribution in [3.8, 4) is 0 Å². The Morgan fingerprint density at radius 2 is 1.95 bits per heavy atom. The Kier molecular flexibility index (Phi) is 4.78. The van der Waals surface area contributed by atoms with Gasteiger partial charge in [-0.05, 0) is 50.5 Å². The van der Waals surface area contributed by atoms with Gasteiger partial charge in [-0.3, -0.25) is 0 Å². The lowest BCUT2D eigenvalue weighted by atomic mass is 9.98. The van der Waals surface area contributed by atoms with Crippen LogP contribution in [-0.4, -0.2) is 36.0 Å². The molecule has 1 aromatic rings. The zero-order valence-corrected chi connectivity index (χ0v) is 13.7. The maximum atomic E-state index is 12.4. The van der Waals surface area contributed by atoms with E-state index in [2.05, 4.69) is 0 Å². The van der Waals surface area contributed by atoms with Crippen molar-refractivity contribution in [1.29, 1.82) is 0 Å². The molecule has 0 amide bonds. The standard InChI is InChI=1S/C15H20ClNO3S/c1-15(2,18)14-4-3-10-17(14)21(19,20)11-9-12-5-7-13(16)8-6-12/h5-9,11,14,18H,3-4,10H2,1-2H3/b11-9+. The molecule has 1 aliphatic heterocycles. The van der Waals surface area contributed by atoms with Gasteiger partial charge in [-0.2, -0.15) is 4.31 Å². The smallest absolute Gasteiger partial charge is 0.236 e. The second-order valence-electron chi connectivity index (χ2n) is 5.82. The minimum absolute atomic E-state index is 0.377. The summed E-state index contributed by atoms with van der Waals surface area (Å²) < 4.78 is 26.3. The lowest BCUT2D eigenvalue weighted by Gasteiger charge is -2.32. The van der Waals surface area contributed by atoms with E-state index in [0.717, 1.165) is 12.0 Å². The predicted octanol–water partition coefficient (Wildman–Crippen LogP) is 2.88. The molecule has 116 valence electrons. The van der Waals surface area contributed by atoms with Gasteiger partial charge in [0.25, 0.3) is 0 Å². The van der Waals surface area contributed by atoms with Crippen LogP contribution in [0.5, 0.6) is 0 Å². The maximum absolute atomic E-state index is 12.4. The Bertz CT molecular complexity index is 617. The summed E-state index contributed by atoms with van der Waals surface area (Å²) in [4.78, 5) is 0. The molecular formula is C15H20ClNO3S. The van der Waals surface area contributed by atoms with Crippen LogP contribution in [-0.2, 0) is 10.0 Å². The third kappa shape index (κ3) is 4.07. The Morgan fingerprint density at radius 1 is 1.33 bits per heavy atom. The Balaban J connectivity index is 2.20. The summed E-state index contributed by atoms with van der Waals surface area (Å²) >= 11 is 5.80. The van der Waals surface area contributed by atoms with Crippen LogP contribution >= 0.6 is 11.6 Å². The monoisotopic (exact) mass is 329 g/mol. The molecule has 1 aromatic carbocycles. The van der Waals surface area contributed by atoms with Crippen LogP contribution in [0.25, 0.3) is 6.08 Å². The van der Waals surface area contributed by atoms with Gasteiger partial charge in [-0.1, -0.05) is 23.7 Å². The third-order valence-corrected chi connectivity index (χ3v) is 5.47. The van der Waals surface area contributed by atoms with Crippen molar-refractivity contribution >= 4 is 27.7 Å². The molecule has 1 aliphatic rings. The first-order valence-electron chi connectivity index (χ1n) is 6.88. The number of aliphatic hydroxyl groups is 1. The lowest BCUT2D eigenvalue weighted by Crippen LogP contribution is -2.47. The SMILES string of the molecule is CC(C)(O)C1CCCN1S(=O)(=O)/C=C/c1ccc(Cl)cc1. The average molecular weight is 330 g/mol. The van der Waals surface area contributed by atoms with Gasteiger partial charge in [0.2, 0.25) is 10.0 Å². The van der Waals surface area contributed by atoms with E-state index in [-0.39, 0.29) is 6.04 Å². The van der Waals surface area contributed by atoms with E-state index < -0.39 is 15.6 Å². The van der Waals surface area contributed by atoms with Gasteiger partial charge in [0.15, 0.2) is 0 Å². The highest BCUT2D eigenvalue weighted by Gasteiger charge is 2.41. The predicted molar refractivity (Wildman–Crippen MR) is 85.4 cm³/mol. The van der Waals surface area contributed by atoms with Crippen LogP contribution in [0.3, 0.4) is 0 Å². The van der Waals surface area contributed by atoms with E-state index >= 15 is 0 Å². The van der Waals surface area contributed by atoms with Crippen LogP contribution < -0.4 is 0 Å². The molecule has 21 heavy (non-hydrogen) atoms. The molecule has 1 fully saturated rings.